The van der Waals surface area contributed by atoms with Gasteiger partial charge in [-0.2, -0.15) is 0 Å². The molecule has 1 saturated heterocycles. The number of hydrogen-bond acceptors (Lipinski definition) is 8. The summed E-state index contributed by atoms with van der Waals surface area (Å²) in [5.74, 6) is -5.67. The van der Waals surface area contributed by atoms with Gasteiger partial charge in [-0.1, -0.05) is 0 Å². The normalized spacial score (nSPS) is 42.7. The third kappa shape index (κ3) is 2.69. The van der Waals surface area contributed by atoms with Crippen LogP contribution in [0.2, 0.25) is 0 Å². The van der Waals surface area contributed by atoms with Gasteiger partial charge in [-0.25, -0.2) is 9.18 Å². The molecule has 0 unspecified atom stereocenters. The number of carboxylic acid groups (broad SMARTS) is 1. The van der Waals surface area contributed by atoms with Gasteiger partial charge in [-0.15, -0.1) is 0 Å². The number of halogens is 1. The zero-order chi connectivity index (χ0) is 15.0. The Morgan fingerprint density at radius 2 is 1.84 bits per heavy atom. The highest BCUT2D eigenvalue weighted by Crippen LogP contribution is 2.32. The largest absolute Gasteiger partial charge is 0.477 e. The molecule has 0 aromatic heterocycles. The van der Waals surface area contributed by atoms with Crippen LogP contribution < -0.4 is 0 Å². The molecule has 1 rings (SSSR count). The number of aliphatic hydroxyl groups excluding tert-OH is 5. The first-order valence-electron chi connectivity index (χ1n) is 5.27. The Balaban J connectivity index is 3.04. The van der Waals surface area contributed by atoms with Crippen LogP contribution in [-0.2, 0) is 9.53 Å². The van der Waals surface area contributed by atoms with Gasteiger partial charge < -0.3 is 40.5 Å². The first-order valence-corrected chi connectivity index (χ1v) is 5.27. The summed E-state index contributed by atoms with van der Waals surface area (Å²) >= 11 is 0. The Morgan fingerprint density at radius 3 is 2.26 bits per heavy atom. The number of carbonyl (C=O) groups is 1. The van der Waals surface area contributed by atoms with Crippen LogP contribution in [0, 0.1) is 0 Å². The van der Waals surface area contributed by atoms with E-state index < -0.39 is 55.1 Å². The molecule has 7 N–H and O–H groups in total. The Hall–Kier alpha value is -0.880. The van der Waals surface area contributed by atoms with E-state index in [0.29, 0.717) is 0 Å². The van der Waals surface area contributed by atoms with Gasteiger partial charge in [0.25, 0.3) is 0 Å². The first kappa shape index (κ1) is 16.2. The predicted octanol–water partition coefficient (Wildman–Crippen LogP) is -4.07. The van der Waals surface area contributed by atoms with E-state index in [1.807, 2.05) is 0 Å². The van der Waals surface area contributed by atoms with Gasteiger partial charge >= 0.3 is 11.8 Å². The lowest BCUT2D eigenvalue weighted by atomic mass is 9.89. The molecule has 1 fully saturated rings. The van der Waals surface area contributed by atoms with Crippen molar-refractivity contribution in [2.75, 3.05) is 6.61 Å². The molecule has 0 aromatic carbocycles. The van der Waals surface area contributed by atoms with Crippen LogP contribution in [0.15, 0.2) is 0 Å². The van der Waals surface area contributed by atoms with Crippen LogP contribution in [0.25, 0.3) is 0 Å². The third-order valence-corrected chi connectivity index (χ3v) is 2.90. The highest BCUT2D eigenvalue weighted by Gasteiger charge is 2.60. The molecular formula is C9H15FO9. The second-order valence-corrected chi connectivity index (χ2v) is 4.21. The number of aliphatic hydroxyl groups is 6. The van der Waals surface area contributed by atoms with Crippen molar-refractivity contribution >= 4 is 5.97 Å². The zero-order valence-corrected chi connectivity index (χ0v) is 9.50. The topological polar surface area (TPSA) is 168 Å². The molecule has 1 aliphatic heterocycles. The van der Waals surface area contributed by atoms with Gasteiger partial charge in [-0.3, -0.25) is 0 Å². The van der Waals surface area contributed by atoms with E-state index in [4.69, 9.17) is 15.3 Å². The van der Waals surface area contributed by atoms with Crippen molar-refractivity contribution in [1.29, 1.82) is 0 Å². The lowest BCUT2D eigenvalue weighted by molar-refractivity contribution is -0.337. The Morgan fingerprint density at radius 1 is 1.32 bits per heavy atom. The number of hydrogen-bond donors (Lipinski definition) is 7. The fourth-order valence-corrected chi connectivity index (χ4v) is 1.71. The summed E-state index contributed by atoms with van der Waals surface area (Å²) in [6, 6.07) is 0. The van der Waals surface area contributed by atoms with Crippen molar-refractivity contribution in [2.45, 2.75) is 42.5 Å². The minimum Gasteiger partial charge on any atom is -0.477 e. The molecule has 10 heteroatoms. The second kappa shape index (κ2) is 5.63. The maximum atomic E-state index is 13.5. The molecule has 19 heavy (non-hydrogen) atoms. The lowest BCUT2D eigenvalue weighted by Crippen LogP contribution is -2.69. The monoisotopic (exact) mass is 286 g/mol. The summed E-state index contributed by atoms with van der Waals surface area (Å²) in [6.45, 7) is -0.964. The SMILES string of the molecule is O=C(O)[C@@]1(O)O[C@@H]([C@H](O)[C@H](O)CO)[C@H](O)[C@@H](O)[C@H]1F. The van der Waals surface area contributed by atoms with Gasteiger partial charge in [0.15, 0.2) is 6.17 Å². The molecule has 0 aliphatic carbocycles. The maximum Gasteiger partial charge on any atom is 0.367 e. The molecule has 0 amide bonds. The van der Waals surface area contributed by atoms with Gasteiger partial charge in [0.2, 0.25) is 0 Å². The molecule has 1 heterocycles. The van der Waals surface area contributed by atoms with Gasteiger partial charge in [0.05, 0.1) is 6.61 Å². The standard InChI is InChI=1S/C9H15FO9/c10-7-5(15)4(14)6(3(13)2(12)1-11)19-9(7,18)8(16)17/h2-7,11-15,18H,1H2,(H,16,17)/t2-,3-,4-,5-,6+,7-,9+/m1/s1. The van der Waals surface area contributed by atoms with E-state index in [0.717, 1.165) is 0 Å². The summed E-state index contributed by atoms with van der Waals surface area (Å²) in [6.07, 6.45) is -13.2. The Kier molecular flexibility index (Phi) is 4.79. The molecule has 9 nitrogen and oxygen atoms in total. The average molecular weight is 286 g/mol. The lowest BCUT2D eigenvalue weighted by Gasteiger charge is -2.44. The molecule has 1 aliphatic rings. The van der Waals surface area contributed by atoms with Crippen LogP contribution in [0.5, 0.6) is 0 Å². The predicted molar refractivity (Wildman–Crippen MR) is 53.5 cm³/mol. The second-order valence-electron chi connectivity index (χ2n) is 4.21. The Bertz CT molecular complexity index is 336. The molecular weight excluding hydrogens is 271 g/mol. The van der Waals surface area contributed by atoms with Crippen molar-refractivity contribution in [3.05, 3.63) is 0 Å². The quantitative estimate of drug-likeness (QED) is 0.272. The van der Waals surface area contributed by atoms with E-state index in [2.05, 4.69) is 4.74 Å². The highest BCUT2D eigenvalue weighted by atomic mass is 19.1. The van der Waals surface area contributed by atoms with Crippen LogP contribution in [0.3, 0.4) is 0 Å². The first-order chi connectivity index (χ1) is 8.66. The number of alkyl halides is 1. The zero-order valence-electron chi connectivity index (χ0n) is 9.50. The molecule has 0 saturated carbocycles. The average Bonchev–Trinajstić information content (AvgIpc) is 2.38. The number of carboxylic acids is 1. The van der Waals surface area contributed by atoms with Crippen molar-refractivity contribution in [2.24, 2.45) is 0 Å². The smallest absolute Gasteiger partial charge is 0.367 e. The summed E-state index contributed by atoms with van der Waals surface area (Å²) in [5.41, 5.74) is 0. The van der Waals surface area contributed by atoms with E-state index in [-0.39, 0.29) is 0 Å². The molecule has 0 bridgehead atoms. The van der Waals surface area contributed by atoms with Crippen molar-refractivity contribution in [3.63, 3.8) is 0 Å². The van der Waals surface area contributed by atoms with Crippen molar-refractivity contribution in [1.82, 2.24) is 0 Å². The van der Waals surface area contributed by atoms with Crippen LogP contribution >= 0.6 is 0 Å². The fourth-order valence-electron chi connectivity index (χ4n) is 1.71. The van der Waals surface area contributed by atoms with E-state index in [1.165, 1.54) is 0 Å². The van der Waals surface area contributed by atoms with Gasteiger partial charge in [0.1, 0.15) is 30.5 Å². The number of aliphatic carboxylic acids is 1. The van der Waals surface area contributed by atoms with E-state index in [9.17, 15) is 29.6 Å². The molecule has 7 atom stereocenters. The number of ether oxygens (including phenoxy) is 1. The fraction of sp³-hybridized carbons (Fsp3) is 0.889. The van der Waals surface area contributed by atoms with Crippen LogP contribution in [-0.4, -0.2) is 90.8 Å². The van der Waals surface area contributed by atoms with Gasteiger partial charge in [-0.05, 0) is 0 Å². The summed E-state index contributed by atoms with van der Waals surface area (Å²) in [5, 5.41) is 64.2. The number of rotatable bonds is 4. The molecule has 112 valence electrons. The Labute approximate surface area is 106 Å². The van der Waals surface area contributed by atoms with Crippen molar-refractivity contribution in [3.8, 4) is 0 Å². The maximum absolute atomic E-state index is 13.5. The van der Waals surface area contributed by atoms with Crippen LogP contribution in [0.1, 0.15) is 0 Å². The summed E-state index contributed by atoms with van der Waals surface area (Å²) < 4.78 is 17.9. The minimum atomic E-state index is -3.49. The summed E-state index contributed by atoms with van der Waals surface area (Å²) in [4.78, 5) is 10.7. The highest BCUT2D eigenvalue weighted by molar-refractivity contribution is 5.76. The van der Waals surface area contributed by atoms with E-state index in [1.54, 1.807) is 0 Å². The van der Waals surface area contributed by atoms with E-state index >= 15 is 0 Å². The molecule has 0 radical (unpaired) electrons. The van der Waals surface area contributed by atoms with Crippen LogP contribution in [0.4, 0.5) is 4.39 Å². The van der Waals surface area contributed by atoms with Gasteiger partial charge in [0, 0.05) is 0 Å². The third-order valence-electron chi connectivity index (χ3n) is 2.90. The molecule has 0 spiro atoms. The molecule has 0 aromatic rings. The summed E-state index contributed by atoms with van der Waals surface area (Å²) in [7, 11) is 0. The minimum absolute atomic E-state index is 0.964. The van der Waals surface area contributed by atoms with Crippen molar-refractivity contribution < 1.29 is 49.7 Å².